The summed E-state index contributed by atoms with van der Waals surface area (Å²) in [6, 6.07) is 8.17. The third-order valence-electron chi connectivity index (χ3n) is 3.68. The lowest BCUT2D eigenvalue weighted by Gasteiger charge is -2.07. The third kappa shape index (κ3) is 3.04. The molecule has 110 valence electrons. The number of nitrogens with two attached hydrogens (primary N) is 1. The number of aromatic nitrogens is 3. The van der Waals surface area contributed by atoms with Crippen molar-refractivity contribution in [2.24, 2.45) is 10.7 Å². The van der Waals surface area contributed by atoms with Gasteiger partial charge < -0.3 is 15.6 Å². The Morgan fingerprint density at radius 1 is 1.43 bits per heavy atom. The zero-order chi connectivity index (χ0) is 14.7. The summed E-state index contributed by atoms with van der Waals surface area (Å²) in [6.45, 7) is 3.57. The molecular weight excluding hydrogens is 264 g/mol. The van der Waals surface area contributed by atoms with Crippen molar-refractivity contribution in [3.05, 3.63) is 41.5 Å². The van der Waals surface area contributed by atoms with Gasteiger partial charge in [-0.05, 0) is 30.5 Å². The van der Waals surface area contributed by atoms with E-state index in [1.54, 1.807) is 0 Å². The van der Waals surface area contributed by atoms with Crippen molar-refractivity contribution >= 4 is 11.6 Å². The van der Waals surface area contributed by atoms with Crippen molar-refractivity contribution < 1.29 is 0 Å². The van der Waals surface area contributed by atoms with Crippen molar-refractivity contribution in [2.75, 3.05) is 5.32 Å². The van der Waals surface area contributed by atoms with Crippen LogP contribution in [0.3, 0.4) is 0 Å². The van der Waals surface area contributed by atoms with Gasteiger partial charge in [0.15, 0.2) is 11.8 Å². The number of nitrogens with zero attached hydrogens (tertiary/aromatic N) is 4. The second kappa shape index (κ2) is 5.95. The first-order valence-corrected chi connectivity index (χ1v) is 7.33. The topological polar surface area (TPSA) is 81.1 Å². The molecule has 1 aliphatic rings. The van der Waals surface area contributed by atoms with E-state index in [1.807, 2.05) is 12.1 Å². The number of fused-ring (bicyclic) bond motifs is 1. The predicted molar refractivity (Wildman–Crippen MR) is 83.1 cm³/mol. The lowest BCUT2D eigenvalue weighted by atomic mass is 10.1. The number of hydrogen-bond donors (Lipinski definition) is 2. The first-order valence-electron chi connectivity index (χ1n) is 7.33. The van der Waals surface area contributed by atoms with Gasteiger partial charge in [-0.3, -0.25) is 0 Å². The Hall–Kier alpha value is -2.37. The minimum atomic E-state index is 0.401. The average molecular weight is 284 g/mol. The normalized spacial score (nSPS) is 14.2. The number of nitrogens with one attached hydrogen (secondary N) is 1. The van der Waals surface area contributed by atoms with Crippen LogP contribution in [-0.4, -0.2) is 20.7 Å². The third-order valence-corrected chi connectivity index (χ3v) is 3.68. The van der Waals surface area contributed by atoms with Gasteiger partial charge in [0.2, 0.25) is 0 Å². The van der Waals surface area contributed by atoms with Gasteiger partial charge in [0.1, 0.15) is 12.4 Å². The number of aliphatic imine (C=N–C) groups is 1. The number of anilines is 1. The molecule has 1 aromatic carbocycles. The molecule has 0 spiro atoms. The fourth-order valence-corrected chi connectivity index (χ4v) is 2.54. The summed E-state index contributed by atoms with van der Waals surface area (Å²) in [5.41, 5.74) is 8.17. The summed E-state index contributed by atoms with van der Waals surface area (Å²) in [5, 5.41) is 11.4. The van der Waals surface area contributed by atoms with E-state index >= 15 is 0 Å². The Bertz CT molecular complexity index is 658. The summed E-state index contributed by atoms with van der Waals surface area (Å²) in [5.74, 6) is 2.34. The molecule has 0 saturated heterocycles. The molecule has 3 N–H and O–H groups in total. The van der Waals surface area contributed by atoms with Crippen LogP contribution < -0.4 is 11.1 Å². The largest absolute Gasteiger partial charge is 0.370 e. The minimum Gasteiger partial charge on any atom is -0.370 e. The highest BCUT2D eigenvalue weighted by Gasteiger charge is 2.16. The van der Waals surface area contributed by atoms with Crippen LogP contribution in [0.25, 0.3) is 0 Å². The predicted octanol–water partition coefficient (Wildman–Crippen LogP) is 1.71. The molecule has 21 heavy (non-hydrogen) atoms. The van der Waals surface area contributed by atoms with Crippen LogP contribution in [-0.2, 0) is 25.9 Å². The van der Waals surface area contributed by atoms with Crippen LogP contribution in [0.5, 0.6) is 0 Å². The van der Waals surface area contributed by atoms with E-state index in [2.05, 4.69) is 44.1 Å². The summed E-state index contributed by atoms with van der Waals surface area (Å²) in [7, 11) is 0. The van der Waals surface area contributed by atoms with Gasteiger partial charge in [0.05, 0.1) is 0 Å². The number of guanidine groups is 1. The van der Waals surface area contributed by atoms with Gasteiger partial charge >= 0.3 is 0 Å². The molecule has 0 fully saturated rings. The fraction of sp³-hybridized carbons (Fsp3) is 0.400. The van der Waals surface area contributed by atoms with E-state index in [-0.39, 0.29) is 0 Å². The van der Waals surface area contributed by atoms with Crippen LogP contribution in [0.2, 0.25) is 0 Å². The Kier molecular flexibility index (Phi) is 3.85. The molecule has 0 bridgehead atoms. The second-order valence-corrected chi connectivity index (χ2v) is 5.17. The van der Waals surface area contributed by atoms with E-state index < -0.39 is 0 Å². The van der Waals surface area contributed by atoms with E-state index in [0.29, 0.717) is 12.5 Å². The maximum Gasteiger partial charge on any atom is 0.193 e. The van der Waals surface area contributed by atoms with Crippen molar-refractivity contribution in [2.45, 2.75) is 39.3 Å². The Labute approximate surface area is 124 Å². The zero-order valence-electron chi connectivity index (χ0n) is 12.2. The Morgan fingerprint density at radius 2 is 2.33 bits per heavy atom. The molecule has 2 aromatic rings. The van der Waals surface area contributed by atoms with E-state index in [4.69, 9.17) is 5.73 Å². The van der Waals surface area contributed by atoms with Gasteiger partial charge in [0.25, 0.3) is 0 Å². The van der Waals surface area contributed by atoms with Crippen molar-refractivity contribution in [1.82, 2.24) is 14.8 Å². The highest BCUT2D eigenvalue weighted by atomic mass is 15.3. The van der Waals surface area contributed by atoms with Crippen molar-refractivity contribution in [1.29, 1.82) is 0 Å². The molecule has 0 unspecified atom stereocenters. The van der Waals surface area contributed by atoms with Gasteiger partial charge in [0, 0.05) is 18.7 Å². The molecule has 1 aliphatic heterocycles. The molecule has 0 atom stereocenters. The molecule has 1 aromatic heterocycles. The fourth-order valence-electron chi connectivity index (χ4n) is 2.54. The van der Waals surface area contributed by atoms with Crippen LogP contribution >= 0.6 is 0 Å². The number of aryl methyl sites for hydroxylation is 2. The molecule has 0 radical (unpaired) electrons. The standard InChI is InChI=1S/C15H20N6/c1-2-11-5-3-6-12(9-11)18-15(16)17-10-14-20-19-13-7-4-8-21(13)14/h3,5-6,9H,2,4,7-8,10H2,1H3,(H3,16,17,18). The Morgan fingerprint density at radius 3 is 3.19 bits per heavy atom. The van der Waals surface area contributed by atoms with Gasteiger partial charge in [-0.1, -0.05) is 19.1 Å². The first kappa shape index (κ1) is 13.6. The zero-order valence-corrected chi connectivity index (χ0v) is 12.2. The molecule has 2 heterocycles. The maximum atomic E-state index is 5.94. The highest BCUT2D eigenvalue weighted by Crippen LogP contribution is 2.14. The molecule has 0 saturated carbocycles. The minimum absolute atomic E-state index is 0.401. The summed E-state index contributed by atoms with van der Waals surface area (Å²) < 4.78 is 2.13. The van der Waals surface area contributed by atoms with Crippen LogP contribution in [0.4, 0.5) is 5.69 Å². The van der Waals surface area contributed by atoms with E-state index in [1.165, 1.54) is 5.56 Å². The summed E-state index contributed by atoms with van der Waals surface area (Å²) in [4.78, 5) is 4.35. The molecule has 0 aliphatic carbocycles. The molecule has 0 amide bonds. The van der Waals surface area contributed by atoms with Crippen molar-refractivity contribution in [3.8, 4) is 0 Å². The van der Waals surface area contributed by atoms with E-state index in [9.17, 15) is 0 Å². The van der Waals surface area contributed by atoms with Gasteiger partial charge in [-0.25, -0.2) is 4.99 Å². The second-order valence-electron chi connectivity index (χ2n) is 5.17. The molecular formula is C15H20N6. The van der Waals surface area contributed by atoms with Crippen molar-refractivity contribution in [3.63, 3.8) is 0 Å². The summed E-state index contributed by atoms with van der Waals surface area (Å²) in [6.07, 6.45) is 3.14. The smallest absolute Gasteiger partial charge is 0.193 e. The Balaban J connectivity index is 1.65. The van der Waals surface area contributed by atoms with Crippen LogP contribution in [0.15, 0.2) is 29.3 Å². The lowest BCUT2D eigenvalue weighted by molar-refractivity contribution is 0.688. The maximum absolute atomic E-state index is 5.94. The lowest BCUT2D eigenvalue weighted by Crippen LogP contribution is -2.23. The van der Waals surface area contributed by atoms with Gasteiger partial charge in [-0.15, -0.1) is 10.2 Å². The number of rotatable bonds is 4. The quantitative estimate of drug-likeness (QED) is 0.661. The number of benzene rings is 1. The molecule has 6 nitrogen and oxygen atoms in total. The molecule has 3 rings (SSSR count). The first-order chi connectivity index (χ1) is 10.3. The monoisotopic (exact) mass is 284 g/mol. The summed E-state index contributed by atoms with van der Waals surface area (Å²) >= 11 is 0. The van der Waals surface area contributed by atoms with E-state index in [0.717, 1.165) is 43.1 Å². The van der Waals surface area contributed by atoms with Crippen LogP contribution in [0.1, 0.15) is 30.6 Å². The van der Waals surface area contributed by atoms with Crippen LogP contribution in [0, 0.1) is 0 Å². The molecule has 6 heteroatoms. The average Bonchev–Trinajstić information content (AvgIpc) is 3.09. The highest BCUT2D eigenvalue weighted by molar-refractivity contribution is 5.92. The SMILES string of the molecule is CCc1cccc(NC(N)=NCc2nnc3n2CCC3)c1. The number of hydrogen-bond acceptors (Lipinski definition) is 3. The van der Waals surface area contributed by atoms with Gasteiger partial charge in [-0.2, -0.15) is 0 Å².